The number of nitrogens with one attached hydrogen (secondary N) is 1. The second-order valence-corrected chi connectivity index (χ2v) is 15.6. The summed E-state index contributed by atoms with van der Waals surface area (Å²) in [6.45, 7) is 11.1. The van der Waals surface area contributed by atoms with Crippen molar-refractivity contribution >= 4 is 29.3 Å². The first kappa shape index (κ1) is 37.1. The van der Waals surface area contributed by atoms with Crippen LogP contribution in [0.1, 0.15) is 61.2 Å². The summed E-state index contributed by atoms with van der Waals surface area (Å²) in [7, 11) is 4.07. The zero-order valence-corrected chi connectivity index (χ0v) is 33.0. The Balaban J connectivity index is 1.11. The highest BCUT2D eigenvalue weighted by molar-refractivity contribution is 6.07. The van der Waals surface area contributed by atoms with Crippen molar-refractivity contribution in [2.24, 2.45) is 7.05 Å². The van der Waals surface area contributed by atoms with Crippen LogP contribution in [0.5, 0.6) is 5.75 Å². The number of hydrogen-bond donors (Lipinski definition) is 1. The smallest absolute Gasteiger partial charge is 0.410 e. The minimum atomic E-state index is -0.410. The van der Waals surface area contributed by atoms with Crippen LogP contribution in [0.25, 0.3) is 11.3 Å². The highest BCUT2D eigenvalue weighted by atomic mass is 16.6. The van der Waals surface area contributed by atoms with E-state index in [0.29, 0.717) is 42.9 Å². The number of piperazine rings is 1. The number of rotatable bonds is 6. The first-order valence-electron chi connectivity index (χ1n) is 19.6. The molecule has 0 radical (unpaired) electrons. The maximum Gasteiger partial charge on any atom is 0.415 e. The number of ether oxygens (including phenoxy) is 1. The van der Waals surface area contributed by atoms with Gasteiger partial charge in [-0.05, 0) is 105 Å². The molecule has 4 heterocycles. The molecule has 1 fully saturated rings. The normalized spacial score (nSPS) is 16.9. The van der Waals surface area contributed by atoms with Gasteiger partial charge >= 0.3 is 6.09 Å². The molecule has 0 saturated carbocycles. The number of aryl methyl sites for hydroxylation is 1. The molecule has 1 aromatic heterocycles. The fraction of sp³-hybridized carbons (Fsp3) is 0.326. The van der Waals surface area contributed by atoms with E-state index in [1.165, 1.54) is 5.56 Å². The Kier molecular flexibility index (Phi) is 10.2. The van der Waals surface area contributed by atoms with E-state index < -0.39 is 6.09 Å². The van der Waals surface area contributed by atoms with Gasteiger partial charge in [0.05, 0.1) is 5.56 Å². The second-order valence-electron chi connectivity index (χ2n) is 15.6. The van der Waals surface area contributed by atoms with Gasteiger partial charge in [-0.3, -0.25) is 9.59 Å². The molecule has 1 saturated heterocycles. The number of carbonyl (C=O) groups is 3. The summed E-state index contributed by atoms with van der Waals surface area (Å²) >= 11 is 0. The molecular weight excluding hydrogens is 701 g/mol. The third-order valence-electron chi connectivity index (χ3n) is 11.9. The molecule has 3 aliphatic heterocycles. The topological polar surface area (TPSA) is 90.4 Å². The molecule has 288 valence electrons. The molecule has 56 heavy (non-hydrogen) atoms. The van der Waals surface area contributed by atoms with Gasteiger partial charge < -0.3 is 34.2 Å². The van der Waals surface area contributed by atoms with Crippen LogP contribution >= 0.6 is 0 Å². The average Bonchev–Trinajstić information content (AvgIpc) is 3.50. The van der Waals surface area contributed by atoms with Crippen LogP contribution in [-0.4, -0.2) is 83.0 Å². The number of para-hydroxylation sites is 1. The van der Waals surface area contributed by atoms with Crippen molar-refractivity contribution in [3.8, 4) is 17.0 Å². The Morgan fingerprint density at radius 3 is 2.27 bits per heavy atom. The SMILES string of the molecule is Cc1ccccc1NC(=O)c1cc(-c2cc3c(cc2C(=O)N2Cc4ccccc4C[C@H]2C)CN(C(=O)Oc2cccc(N4CCN(C)CC4)c2)CC3)n(C)c1C. The highest BCUT2D eigenvalue weighted by Crippen LogP contribution is 2.36. The van der Waals surface area contributed by atoms with E-state index in [0.717, 1.165) is 83.2 Å². The Morgan fingerprint density at radius 1 is 0.732 bits per heavy atom. The number of carbonyl (C=O) groups excluding carboxylic acids is 3. The van der Waals surface area contributed by atoms with Gasteiger partial charge in [-0.2, -0.15) is 0 Å². The number of anilines is 2. The van der Waals surface area contributed by atoms with Gasteiger partial charge in [-0.15, -0.1) is 0 Å². The van der Waals surface area contributed by atoms with Crippen LogP contribution in [0.2, 0.25) is 0 Å². The van der Waals surface area contributed by atoms with Crippen molar-refractivity contribution < 1.29 is 19.1 Å². The summed E-state index contributed by atoms with van der Waals surface area (Å²) in [6.07, 6.45) is 0.960. The van der Waals surface area contributed by atoms with Gasteiger partial charge in [0, 0.05) is 98.9 Å². The number of amides is 3. The third kappa shape index (κ3) is 7.29. The lowest BCUT2D eigenvalue weighted by molar-refractivity contribution is 0.0658. The van der Waals surface area contributed by atoms with Gasteiger partial charge in [0.2, 0.25) is 0 Å². The molecule has 0 bridgehead atoms. The van der Waals surface area contributed by atoms with E-state index >= 15 is 0 Å². The molecule has 5 aromatic rings. The lowest BCUT2D eigenvalue weighted by Crippen LogP contribution is -2.44. The standard InChI is InChI=1S/C46H50N6O4/c1-30-11-6-9-16-42(30)47-44(53)39-27-43(49(5)32(39)3)40-24-34-17-18-51(46(55)56-38-15-10-14-37(26-38)50-21-19-48(4)20-22-50)28-36(34)25-41(40)45(54)52-29-35-13-8-7-12-33(35)23-31(52)2/h6-16,24-27,31H,17-23,28-29H2,1-5H3,(H,47,53)/t31-/m1/s1. The average molecular weight is 751 g/mol. The van der Waals surface area contributed by atoms with Crippen molar-refractivity contribution in [3.05, 3.63) is 136 Å². The summed E-state index contributed by atoms with van der Waals surface area (Å²) < 4.78 is 7.98. The number of hydrogen-bond acceptors (Lipinski definition) is 6. The zero-order valence-electron chi connectivity index (χ0n) is 33.0. The Labute approximate surface area is 329 Å². The van der Waals surface area contributed by atoms with Crippen molar-refractivity contribution in [3.63, 3.8) is 0 Å². The summed E-state index contributed by atoms with van der Waals surface area (Å²) in [6, 6.07) is 29.8. The van der Waals surface area contributed by atoms with Crippen molar-refractivity contribution in [2.75, 3.05) is 50.0 Å². The van der Waals surface area contributed by atoms with Gasteiger partial charge in [-0.1, -0.05) is 48.5 Å². The molecule has 3 aliphatic rings. The van der Waals surface area contributed by atoms with E-state index in [-0.39, 0.29) is 17.9 Å². The number of nitrogens with zero attached hydrogens (tertiary/aromatic N) is 5. The molecule has 0 spiro atoms. The first-order chi connectivity index (χ1) is 27.0. The molecule has 0 unspecified atom stereocenters. The monoisotopic (exact) mass is 750 g/mol. The van der Waals surface area contributed by atoms with Crippen LogP contribution in [0.3, 0.4) is 0 Å². The zero-order chi connectivity index (χ0) is 39.1. The number of aromatic nitrogens is 1. The van der Waals surface area contributed by atoms with Gasteiger partial charge in [0.25, 0.3) is 11.8 Å². The molecule has 10 nitrogen and oxygen atoms in total. The van der Waals surface area contributed by atoms with Crippen LogP contribution in [0, 0.1) is 13.8 Å². The van der Waals surface area contributed by atoms with Crippen LogP contribution in [-0.2, 0) is 33.0 Å². The van der Waals surface area contributed by atoms with Crippen LogP contribution in [0.15, 0.2) is 91.0 Å². The Hall–Kier alpha value is -5.87. The van der Waals surface area contributed by atoms with Crippen molar-refractivity contribution in [2.45, 2.75) is 52.7 Å². The van der Waals surface area contributed by atoms with Gasteiger partial charge in [-0.25, -0.2) is 4.79 Å². The summed E-state index contributed by atoms with van der Waals surface area (Å²) in [5, 5.41) is 3.09. The van der Waals surface area contributed by atoms with Gasteiger partial charge in [0.1, 0.15) is 5.75 Å². The fourth-order valence-corrected chi connectivity index (χ4v) is 8.32. The molecule has 1 atom stereocenters. The Bertz CT molecular complexity index is 2320. The molecule has 0 aliphatic carbocycles. The maximum atomic E-state index is 14.9. The summed E-state index contributed by atoms with van der Waals surface area (Å²) in [5.74, 6) is 0.244. The van der Waals surface area contributed by atoms with Crippen molar-refractivity contribution in [1.82, 2.24) is 19.3 Å². The predicted molar refractivity (Wildman–Crippen MR) is 220 cm³/mol. The molecule has 1 N–H and O–H groups in total. The molecule has 8 rings (SSSR count). The second kappa shape index (κ2) is 15.3. The molecule has 4 aromatic carbocycles. The minimum Gasteiger partial charge on any atom is -0.410 e. The van der Waals surface area contributed by atoms with Crippen LogP contribution in [0.4, 0.5) is 16.2 Å². The molecular formula is C46H50N6O4. The largest absolute Gasteiger partial charge is 0.415 e. The van der Waals surface area contributed by atoms with Crippen molar-refractivity contribution in [1.29, 1.82) is 0 Å². The maximum absolute atomic E-state index is 14.9. The number of benzene rings is 4. The van der Waals surface area contributed by atoms with E-state index in [9.17, 15) is 14.4 Å². The third-order valence-corrected chi connectivity index (χ3v) is 11.9. The molecule has 10 heteroatoms. The Morgan fingerprint density at radius 2 is 1.48 bits per heavy atom. The summed E-state index contributed by atoms with van der Waals surface area (Å²) in [4.78, 5) is 50.6. The quantitative estimate of drug-likeness (QED) is 0.194. The van der Waals surface area contributed by atoms with Gasteiger partial charge in [0.15, 0.2) is 0 Å². The van der Waals surface area contributed by atoms with E-state index in [4.69, 9.17) is 4.74 Å². The van der Waals surface area contributed by atoms with E-state index in [2.05, 4.69) is 59.4 Å². The summed E-state index contributed by atoms with van der Waals surface area (Å²) in [5.41, 5.74) is 10.6. The number of fused-ring (bicyclic) bond motifs is 2. The predicted octanol–water partition coefficient (Wildman–Crippen LogP) is 7.46. The fourth-order valence-electron chi connectivity index (χ4n) is 8.32. The van der Waals surface area contributed by atoms with E-state index in [1.807, 2.05) is 91.0 Å². The van der Waals surface area contributed by atoms with Crippen LogP contribution < -0.4 is 15.0 Å². The highest BCUT2D eigenvalue weighted by Gasteiger charge is 2.32. The minimum absolute atomic E-state index is 0.0139. The lowest BCUT2D eigenvalue weighted by Gasteiger charge is -2.36. The lowest BCUT2D eigenvalue weighted by atomic mass is 9.90. The number of likely N-dealkylation sites (N-methyl/N-ethyl adjacent to an activating group) is 1. The first-order valence-corrected chi connectivity index (χ1v) is 19.6. The van der Waals surface area contributed by atoms with E-state index in [1.54, 1.807) is 4.90 Å². The molecule has 3 amide bonds.